The van der Waals surface area contributed by atoms with Gasteiger partial charge in [-0.3, -0.25) is 9.36 Å². The first kappa shape index (κ1) is 19.1. The van der Waals surface area contributed by atoms with Crippen molar-refractivity contribution in [3.8, 4) is 5.82 Å². The van der Waals surface area contributed by atoms with E-state index in [0.29, 0.717) is 12.2 Å². The van der Waals surface area contributed by atoms with E-state index in [0.717, 1.165) is 29.5 Å². The van der Waals surface area contributed by atoms with Gasteiger partial charge in [0.15, 0.2) is 0 Å². The molecular formula is C22H26N6O. The first-order chi connectivity index (χ1) is 14.3. The maximum Gasteiger partial charge on any atom is 0.224 e. The number of benzene rings is 1. The summed E-state index contributed by atoms with van der Waals surface area (Å²) >= 11 is 0. The number of carbonyl (C=O) groups is 1. The maximum absolute atomic E-state index is 12.2. The third-order valence-corrected chi connectivity index (χ3v) is 5.37. The minimum absolute atomic E-state index is 0.0945. The zero-order chi connectivity index (χ0) is 19.9. The molecule has 4 rings (SSSR count). The third kappa shape index (κ3) is 5.40. The Balaban J connectivity index is 1.30. The molecule has 2 aromatic heterocycles. The minimum atomic E-state index is 0.0945. The second-order valence-corrected chi connectivity index (χ2v) is 7.52. The zero-order valence-electron chi connectivity index (χ0n) is 16.4. The highest BCUT2D eigenvalue weighted by Gasteiger charge is 2.14. The first-order valence-corrected chi connectivity index (χ1v) is 10.2. The highest BCUT2D eigenvalue weighted by Crippen LogP contribution is 2.27. The van der Waals surface area contributed by atoms with E-state index in [1.54, 1.807) is 12.5 Å². The summed E-state index contributed by atoms with van der Waals surface area (Å²) in [5.41, 5.74) is 1.70. The van der Waals surface area contributed by atoms with Crippen molar-refractivity contribution in [2.75, 3.05) is 10.6 Å². The van der Waals surface area contributed by atoms with Crippen LogP contribution in [0.4, 0.5) is 17.2 Å². The number of anilines is 3. The van der Waals surface area contributed by atoms with Gasteiger partial charge in [0.25, 0.3) is 0 Å². The van der Waals surface area contributed by atoms with Gasteiger partial charge in [-0.15, -0.1) is 0 Å². The fourth-order valence-corrected chi connectivity index (χ4v) is 3.77. The van der Waals surface area contributed by atoms with E-state index in [-0.39, 0.29) is 5.91 Å². The molecule has 0 spiro atoms. The number of hydrogen-bond acceptors (Lipinski definition) is 5. The molecule has 2 N–H and O–H groups in total. The predicted molar refractivity (Wildman–Crippen MR) is 113 cm³/mol. The largest absolute Gasteiger partial charge is 0.340 e. The molecule has 0 aliphatic heterocycles. The molecule has 1 amide bonds. The molecule has 1 aromatic carbocycles. The summed E-state index contributed by atoms with van der Waals surface area (Å²) in [6, 6.07) is 9.51. The van der Waals surface area contributed by atoms with Crippen molar-refractivity contribution >= 4 is 23.1 Å². The second kappa shape index (κ2) is 9.32. The van der Waals surface area contributed by atoms with Crippen molar-refractivity contribution in [3.05, 3.63) is 55.4 Å². The Labute approximate surface area is 170 Å². The average molecular weight is 390 g/mol. The van der Waals surface area contributed by atoms with Crippen LogP contribution in [0, 0.1) is 5.92 Å². The number of nitrogens with one attached hydrogen (secondary N) is 2. The summed E-state index contributed by atoms with van der Waals surface area (Å²) in [4.78, 5) is 24.8. The molecule has 1 fully saturated rings. The molecule has 7 nitrogen and oxygen atoms in total. The van der Waals surface area contributed by atoms with E-state index >= 15 is 0 Å². The monoisotopic (exact) mass is 390 g/mol. The number of amides is 1. The standard InChI is InChI=1S/C22H26N6O/c29-22(11-6-17-4-2-1-3-5-17)27-19-9-7-18(8-10-19)26-20-14-21(25-15-24-20)28-13-12-23-16-28/h7-10,12-17H,1-6,11H2,(H,27,29)(H,24,25,26). The van der Waals surface area contributed by atoms with Crippen LogP contribution >= 0.6 is 0 Å². The van der Waals surface area contributed by atoms with Gasteiger partial charge in [-0.1, -0.05) is 32.1 Å². The summed E-state index contributed by atoms with van der Waals surface area (Å²) in [7, 11) is 0. The number of imidazole rings is 1. The molecule has 1 aliphatic carbocycles. The van der Waals surface area contributed by atoms with Crippen LogP contribution in [0.15, 0.2) is 55.4 Å². The van der Waals surface area contributed by atoms with Crippen molar-refractivity contribution in [1.29, 1.82) is 0 Å². The van der Waals surface area contributed by atoms with E-state index < -0.39 is 0 Å². The van der Waals surface area contributed by atoms with Crippen LogP contribution in [0.1, 0.15) is 44.9 Å². The molecule has 0 bridgehead atoms. The van der Waals surface area contributed by atoms with Crippen LogP contribution in [0.5, 0.6) is 0 Å². The number of hydrogen-bond donors (Lipinski definition) is 2. The fraction of sp³-hybridized carbons (Fsp3) is 0.364. The van der Waals surface area contributed by atoms with Gasteiger partial charge >= 0.3 is 0 Å². The highest BCUT2D eigenvalue weighted by molar-refractivity contribution is 5.90. The third-order valence-electron chi connectivity index (χ3n) is 5.37. The summed E-state index contributed by atoms with van der Waals surface area (Å²) in [6.45, 7) is 0. The van der Waals surface area contributed by atoms with Gasteiger partial charge in [0, 0.05) is 36.3 Å². The molecule has 0 radical (unpaired) electrons. The van der Waals surface area contributed by atoms with Crippen LogP contribution in [-0.4, -0.2) is 25.4 Å². The number of nitrogens with zero attached hydrogens (tertiary/aromatic N) is 4. The van der Waals surface area contributed by atoms with E-state index in [1.807, 2.05) is 41.1 Å². The predicted octanol–water partition coefficient (Wildman–Crippen LogP) is 4.70. The van der Waals surface area contributed by atoms with Crippen molar-refractivity contribution in [2.24, 2.45) is 5.92 Å². The van der Waals surface area contributed by atoms with Gasteiger partial charge in [0.2, 0.25) is 5.91 Å². The number of rotatable bonds is 7. The van der Waals surface area contributed by atoms with Crippen molar-refractivity contribution in [3.63, 3.8) is 0 Å². The van der Waals surface area contributed by atoms with Crippen LogP contribution in [-0.2, 0) is 4.79 Å². The zero-order valence-corrected chi connectivity index (χ0v) is 16.4. The van der Waals surface area contributed by atoms with E-state index in [2.05, 4.69) is 25.6 Å². The molecule has 0 saturated heterocycles. The van der Waals surface area contributed by atoms with Crippen molar-refractivity contribution in [1.82, 2.24) is 19.5 Å². The van der Waals surface area contributed by atoms with Crippen LogP contribution in [0.2, 0.25) is 0 Å². The first-order valence-electron chi connectivity index (χ1n) is 10.2. The molecule has 0 atom stereocenters. The lowest BCUT2D eigenvalue weighted by atomic mass is 9.86. The molecule has 0 unspecified atom stereocenters. The topological polar surface area (TPSA) is 84.7 Å². The average Bonchev–Trinajstić information content (AvgIpc) is 3.30. The molecular weight excluding hydrogens is 364 g/mol. The van der Waals surface area contributed by atoms with Gasteiger partial charge in [0.05, 0.1) is 0 Å². The molecule has 3 aromatic rings. The Morgan fingerprint density at radius 2 is 1.86 bits per heavy atom. The van der Waals surface area contributed by atoms with Crippen LogP contribution < -0.4 is 10.6 Å². The maximum atomic E-state index is 12.2. The molecule has 29 heavy (non-hydrogen) atoms. The number of aromatic nitrogens is 4. The Hall–Kier alpha value is -3.22. The van der Waals surface area contributed by atoms with E-state index in [4.69, 9.17) is 0 Å². The minimum Gasteiger partial charge on any atom is -0.340 e. The normalized spacial score (nSPS) is 14.5. The Kier molecular flexibility index (Phi) is 6.14. The fourth-order valence-electron chi connectivity index (χ4n) is 3.77. The molecule has 7 heteroatoms. The molecule has 1 saturated carbocycles. The lowest BCUT2D eigenvalue weighted by Gasteiger charge is -2.21. The van der Waals surface area contributed by atoms with E-state index in [1.165, 1.54) is 38.4 Å². The highest BCUT2D eigenvalue weighted by atomic mass is 16.1. The molecule has 1 aliphatic rings. The van der Waals surface area contributed by atoms with Crippen molar-refractivity contribution < 1.29 is 4.79 Å². The Morgan fingerprint density at radius 3 is 2.62 bits per heavy atom. The SMILES string of the molecule is O=C(CCC1CCCCC1)Nc1ccc(Nc2cc(-n3ccnc3)ncn2)cc1. The van der Waals surface area contributed by atoms with Gasteiger partial charge in [0.1, 0.15) is 24.3 Å². The quantitative estimate of drug-likeness (QED) is 0.610. The molecule has 150 valence electrons. The van der Waals surface area contributed by atoms with Crippen molar-refractivity contribution in [2.45, 2.75) is 44.9 Å². The van der Waals surface area contributed by atoms with E-state index in [9.17, 15) is 4.79 Å². The Morgan fingerprint density at radius 1 is 1.07 bits per heavy atom. The second-order valence-electron chi connectivity index (χ2n) is 7.52. The lowest BCUT2D eigenvalue weighted by molar-refractivity contribution is -0.116. The molecule has 2 heterocycles. The summed E-state index contributed by atoms with van der Waals surface area (Å²) in [6.07, 6.45) is 14.9. The number of carbonyl (C=O) groups excluding carboxylic acids is 1. The van der Waals surface area contributed by atoms with Gasteiger partial charge in [-0.25, -0.2) is 15.0 Å². The van der Waals surface area contributed by atoms with Gasteiger partial charge < -0.3 is 10.6 Å². The van der Waals surface area contributed by atoms with Gasteiger partial charge in [-0.05, 0) is 36.6 Å². The smallest absolute Gasteiger partial charge is 0.224 e. The summed E-state index contributed by atoms with van der Waals surface area (Å²) < 4.78 is 1.82. The summed E-state index contributed by atoms with van der Waals surface area (Å²) in [5, 5.41) is 6.26. The van der Waals surface area contributed by atoms with Crippen LogP contribution in [0.25, 0.3) is 5.82 Å². The van der Waals surface area contributed by atoms with Crippen LogP contribution in [0.3, 0.4) is 0 Å². The Bertz CT molecular complexity index is 917. The lowest BCUT2D eigenvalue weighted by Crippen LogP contribution is -2.14. The summed E-state index contributed by atoms with van der Waals surface area (Å²) in [5.74, 6) is 2.24. The van der Waals surface area contributed by atoms with Gasteiger partial charge in [-0.2, -0.15) is 0 Å².